The third kappa shape index (κ3) is 5.19. The maximum Gasteiger partial charge on any atom is 0.274 e. The van der Waals surface area contributed by atoms with Crippen LogP contribution >= 0.6 is 0 Å². The predicted octanol–water partition coefficient (Wildman–Crippen LogP) is 4.27. The van der Waals surface area contributed by atoms with Crippen molar-refractivity contribution < 1.29 is 9.59 Å². The molecule has 6 nitrogen and oxygen atoms in total. The minimum Gasteiger partial charge on any atom is -0.378 e. The number of aromatic nitrogens is 1. The van der Waals surface area contributed by atoms with Crippen molar-refractivity contribution in [3.05, 3.63) is 83.2 Å². The minimum atomic E-state index is -0.372. The molecule has 6 heteroatoms. The lowest BCUT2D eigenvalue weighted by atomic mass is 10.1. The fraction of sp³-hybridized carbons (Fsp3) is 0.174. The van der Waals surface area contributed by atoms with E-state index >= 15 is 0 Å². The molecule has 2 N–H and O–H groups in total. The molecule has 0 unspecified atom stereocenters. The number of carbonyl (C=O) groups excluding carboxylic acids is 2. The van der Waals surface area contributed by atoms with Gasteiger partial charge in [0.1, 0.15) is 11.4 Å². The molecule has 3 aromatic rings. The van der Waals surface area contributed by atoms with Crippen LogP contribution in [0.1, 0.15) is 32.1 Å². The molecule has 148 valence electrons. The zero-order valence-corrected chi connectivity index (χ0v) is 17.0. The molecule has 29 heavy (non-hydrogen) atoms. The first kappa shape index (κ1) is 20.1. The molecule has 0 aliphatic rings. The Morgan fingerprint density at radius 3 is 1.79 bits per heavy atom. The summed E-state index contributed by atoms with van der Waals surface area (Å²) in [6, 6.07) is 18.1. The first-order valence-corrected chi connectivity index (χ1v) is 9.27. The Hall–Kier alpha value is -3.67. The lowest BCUT2D eigenvalue weighted by Crippen LogP contribution is -2.18. The molecule has 0 radical (unpaired) electrons. The van der Waals surface area contributed by atoms with Gasteiger partial charge in [0.2, 0.25) is 0 Å². The van der Waals surface area contributed by atoms with E-state index in [2.05, 4.69) is 15.6 Å². The number of rotatable bonds is 5. The monoisotopic (exact) mass is 388 g/mol. The van der Waals surface area contributed by atoms with Crippen molar-refractivity contribution in [1.82, 2.24) is 4.98 Å². The van der Waals surface area contributed by atoms with Gasteiger partial charge in [0.15, 0.2) is 0 Å². The number of hydrogen-bond acceptors (Lipinski definition) is 4. The fourth-order valence-electron chi connectivity index (χ4n) is 2.97. The van der Waals surface area contributed by atoms with Gasteiger partial charge in [-0.2, -0.15) is 0 Å². The second-order valence-electron chi connectivity index (χ2n) is 7.13. The van der Waals surface area contributed by atoms with Crippen LogP contribution in [-0.4, -0.2) is 30.9 Å². The van der Waals surface area contributed by atoms with Gasteiger partial charge >= 0.3 is 0 Å². The van der Waals surface area contributed by atoms with Crippen molar-refractivity contribution in [2.24, 2.45) is 0 Å². The minimum absolute atomic E-state index is 0.176. The van der Waals surface area contributed by atoms with Crippen molar-refractivity contribution >= 4 is 28.9 Å². The average Bonchev–Trinajstić information content (AvgIpc) is 2.67. The number of amides is 2. The van der Waals surface area contributed by atoms with Crippen LogP contribution in [0.2, 0.25) is 0 Å². The lowest BCUT2D eigenvalue weighted by Gasteiger charge is -2.13. The Morgan fingerprint density at radius 1 is 0.759 bits per heavy atom. The number of benzene rings is 2. The smallest absolute Gasteiger partial charge is 0.274 e. The summed E-state index contributed by atoms with van der Waals surface area (Å²) in [6.07, 6.45) is 0. The van der Waals surface area contributed by atoms with E-state index in [1.165, 1.54) is 0 Å². The fourth-order valence-corrected chi connectivity index (χ4v) is 2.97. The Morgan fingerprint density at radius 2 is 1.28 bits per heavy atom. The van der Waals surface area contributed by atoms with E-state index < -0.39 is 0 Å². The van der Waals surface area contributed by atoms with Crippen LogP contribution in [0.25, 0.3) is 0 Å². The highest BCUT2D eigenvalue weighted by atomic mass is 16.2. The van der Waals surface area contributed by atoms with Gasteiger partial charge in [-0.25, -0.2) is 4.98 Å². The van der Waals surface area contributed by atoms with Crippen molar-refractivity contribution in [2.75, 3.05) is 29.6 Å². The summed E-state index contributed by atoms with van der Waals surface area (Å²) in [5, 5.41) is 5.64. The molecule has 1 heterocycles. The first-order chi connectivity index (χ1) is 13.8. The maximum atomic E-state index is 12.6. The highest BCUT2D eigenvalue weighted by Crippen LogP contribution is 2.17. The molecule has 1 aromatic heterocycles. The average molecular weight is 388 g/mol. The topological polar surface area (TPSA) is 74.3 Å². The SMILES string of the molecule is Cc1cc(C)cc(NC(=O)c2cccc(C(=O)Nc3ccc(N(C)C)cc3)n2)c1. The van der Waals surface area contributed by atoms with E-state index in [9.17, 15) is 9.59 Å². The molecule has 0 aliphatic carbocycles. The second kappa shape index (κ2) is 8.56. The van der Waals surface area contributed by atoms with E-state index in [-0.39, 0.29) is 23.2 Å². The number of hydrogen-bond donors (Lipinski definition) is 2. The number of aryl methyl sites for hydroxylation is 2. The lowest BCUT2D eigenvalue weighted by molar-refractivity contribution is 0.101. The Bertz CT molecular complexity index is 1020. The first-order valence-electron chi connectivity index (χ1n) is 9.27. The number of nitrogens with zero attached hydrogens (tertiary/aromatic N) is 2. The summed E-state index contributed by atoms with van der Waals surface area (Å²) < 4.78 is 0. The van der Waals surface area contributed by atoms with E-state index in [4.69, 9.17) is 0 Å². The van der Waals surface area contributed by atoms with Gasteiger partial charge in [-0.05, 0) is 73.5 Å². The summed E-state index contributed by atoms with van der Waals surface area (Å²) in [5.74, 6) is -0.733. The molecule has 2 aromatic carbocycles. The predicted molar refractivity (Wildman–Crippen MR) is 117 cm³/mol. The Labute approximate surface area is 170 Å². The van der Waals surface area contributed by atoms with Crippen LogP contribution in [0.5, 0.6) is 0 Å². The molecule has 3 rings (SSSR count). The molecule has 0 aliphatic heterocycles. The summed E-state index contributed by atoms with van der Waals surface area (Å²) in [5.41, 5.74) is 4.86. The largest absolute Gasteiger partial charge is 0.378 e. The summed E-state index contributed by atoms with van der Waals surface area (Å²) in [7, 11) is 3.90. The van der Waals surface area contributed by atoms with Crippen molar-refractivity contribution in [1.29, 1.82) is 0 Å². The van der Waals surface area contributed by atoms with E-state index in [1.807, 2.05) is 75.3 Å². The summed E-state index contributed by atoms with van der Waals surface area (Å²) >= 11 is 0. The van der Waals surface area contributed by atoms with Gasteiger partial charge < -0.3 is 15.5 Å². The van der Waals surface area contributed by atoms with Gasteiger partial charge in [0.25, 0.3) is 11.8 Å². The molecular formula is C23H24N4O2. The Balaban J connectivity index is 1.72. The zero-order valence-electron chi connectivity index (χ0n) is 17.0. The highest BCUT2D eigenvalue weighted by molar-refractivity contribution is 6.06. The van der Waals surface area contributed by atoms with Gasteiger partial charge in [-0.15, -0.1) is 0 Å². The standard InChI is InChI=1S/C23H24N4O2/c1-15-12-16(2)14-18(13-15)25-23(29)21-7-5-6-20(26-21)22(28)24-17-8-10-19(11-9-17)27(3)4/h5-14H,1-4H3,(H,24,28)(H,25,29). The van der Waals surface area contributed by atoms with Crippen LogP contribution in [0, 0.1) is 13.8 Å². The molecular weight excluding hydrogens is 364 g/mol. The van der Waals surface area contributed by atoms with Crippen LogP contribution < -0.4 is 15.5 Å². The zero-order chi connectivity index (χ0) is 21.0. The number of nitrogens with one attached hydrogen (secondary N) is 2. The van der Waals surface area contributed by atoms with Gasteiger partial charge in [-0.3, -0.25) is 9.59 Å². The molecule has 0 saturated carbocycles. The molecule has 0 atom stereocenters. The van der Waals surface area contributed by atoms with E-state index in [0.717, 1.165) is 16.8 Å². The van der Waals surface area contributed by atoms with Gasteiger partial charge in [0, 0.05) is 31.2 Å². The molecule has 0 saturated heterocycles. The summed E-state index contributed by atoms with van der Waals surface area (Å²) in [4.78, 5) is 31.3. The van der Waals surface area contributed by atoms with Crippen molar-refractivity contribution in [2.45, 2.75) is 13.8 Å². The van der Waals surface area contributed by atoms with E-state index in [1.54, 1.807) is 18.2 Å². The van der Waals surface area contributed by atoms with Crippen LogP contribution in [0.15, 0.2) is 60.7 Å². The van der Waals surface area contributed by atoms with Crippen molar-refractivity contribution in [3.8, 4) is 0 Å². The quantitative estimate of drug-likeness (QED) is 0.685. The van der Waals surface area contributed by atoms with E-state index in [0.29, 0.717) is 11.4 Å². The number of anilines is 3. The van der Waals surface area contributed by atoms with Gasteiger partial charge in [0.05, 0.1) is 0 Å². The third-order valence-electron chi connectivity index (χ3n) is 4.34. The third-order valence-corrected chi connectivity index (χ3v) is 4.34. The molecule has 2 amide bonds. The molecule has 0 bridgehead atoms. The molecule has 0 fully saturated rings. The number of pyridine rings is 1. The number of carbonyl (C=O) groups is 2. The van der Waals surface area contributed by atoms with Crippen LogP contribution in [0.3, 0.4) is 0 Å². The second-order valence-corrected chi connectivity index (χ2v) is 7.13. The van der Waals surface area contributed by atoms with Gasteiger partial charge in [-0.1, -0.05) is 12.1 Å². The van der Waals surface area contributed by atoms with Crippen LogP contribution in [-0.2, 0) is 0 Å². The maximum absolute atomic E-state index is 12.6. The van der Waals surface area contributed by atoms with Crippen LogP contribution in [0.4, 0.5) is 17.1 Å². The Kier molecular flexibility index (Phi) is 5.93. The molecule has 0 spiro atoms. The highest BCUT2D eigenvalue weighted by Gasteiger charge is 2.13. The van der Waals surface area contributed by atoms with Crippen molar-refractivity contribution in [3.63, 3.8) is 0 Å². The normalized spacial score (nSPS) is 10.3. The summed E-state index contributed by atoms with van der Waals surface area (Å²) in [6.45, 7) is 3.94.